The largest absolute Gasteiger partial charge is 0.493 e. The summed E-state index contributed by atoms with van der Waals surface area (Å²) in [5.74, 6) is 3.41. The van der Waals surface area contributed by atoms with E-state index in [2.05, 4.69) is 36.5 Å². The van der Waals surface area contributed by atoms with Gasteiger partial charge in [-0.25, -0.2) is 0 Å². The minimum atomic E-state index is 0.292. The predicted octanol–water partition coefficient (Wildman–Crippen LogP) is 3.50. The fourth-order valence-electron chi connectivity index (χ4n) is 3.61. The first-order valence-corrected chi connectivity index (χ1v) is 8.59. The highest BCUT2D eigenvalue weighted by Crippen LogP contribution is 2.36. The minimum Gasteiger partial charge on any atom is -0.493 e. The second-order valence-corrected chi connectivity index (χ2v) is 6.60. The van der Waals surface area contributed by atoms with Crippen molar-refractivity contribution in [3.05, 3.63) is 53.6 Å². The van der Waals surface area contributed by atoms with Crippen LogP contribution in [0.2, 0.25) is 0 Å². The summed E-state index contributed by atoms with van der Waals surface area (Å²) in [5.41, 5.74) is 2.75. The molecular formula is C20H23NO3. The number of hydrogen-bond acceptors (Lipinski definition) is 4. The Balaban J connectivity index is 1.45. The maximum atomic E-state index is 6.08. The molecule has 0 aliphatic carbocycles. The summed E-state index contributed by atoms with van der Waals surface area (Å²) in [6.45, 7) is 5.21. The van der Waals surface area contributed by atoms with Gasteiger partial charge >= 0.3 is 0 Å². The van der Waals surface area contributed by atoms with E-state index in [4.69, 9.17) is 14.2 Å². The van der Waals surface area contributed by atoms with Crippen LogP contribution in [0.4, 0.5) is 0 Å². The van der Waals surface area contributed by atoms with E-state index in [1.807, 2.05) is 18.2 Å². The Morgan fingerprint density at radius 1 is 1.12 bits per heavy atom. The highest BCUT2D eigenvalue weighted by molar-refractivity contribution is 5.46. The van der Waals surface area contributed by atoms with Gasteiger partial charge in [-0.2, -0.15) is 0 Å². The molecule has 2 aliphatic heterocycles. The molecule has 2 heterocycles. The monoisotopic (exact) mass is 325 g/mol. The third kappa shape index (κ3) is 3.20. The highest BCUT2D eigenvalue weighted by atomic mass is 16.7. The Morgan fingerprint density at radius 2 is 2.04 bits per heavy atom. The van der Waals surface area contributed by atoms with Gasteiger partial charge in [-0.1, -0.05) is 29.8 Å². The number of fused-ring (bicyclic) bond motifs is 1. The molecule has 1 fully saturated rings. The van der Waals surface area contributed by atoms with Gasteiger partial charge in [0, 0.05) is 18.5 Å². The molecule has 4 nitrogen and oxygen atoms in total. The Morgan fingerprint density at radius 3 is 2.96 bits per heavy atom. The number of rotatable bonds is 4. The van der Waals surface area contributed by atoms with Crippen LogP contribution in [-0.4, -0.2) is 26.5 Å². The average Bonchev–Trinajstić information content (AvgIpc) is 3.08. The van der Waals surface area contributed by atoms with Gasteiger partial charge in [0.2, 0.25) is 6.79 Å². The average molecular weight is 325 g/mol. The molecule has 4 rings (SSSR count). The molecule has 0 amide bonds. The molecule has 2 aromatic carbocycles. The lowest BCUT2D eigenvalue weighted by molar-refractivity contribution is 0.173. The lowest BCUT2D eigenvalue weighted by Crippen LogP contribution is -2.38. The lowest BCUT2D eigenvalue weighted by Gasteiger charge is -2.32. The summed E-state index contributed by atoms with van der Waals surface area (Å²) >= 11 is 0. The second-order valence-electron chi connectivity index (χ2n) is 6.60. The zero-order valence-corrected chi connectivity index (χ0v) is 14.0. The number of benzene rings is 2. The molecule has 24 heavy (non-hydrogen) atoms. The molecule has 126 valence electrons. The number of nitrogens with one attached hydrogen (secondary N) is 1. The van der Waals surface area contributed by atoms with Crippen LogP contribution < -0.4 is 19.5 Å². The molecule has 0 aromatic heterocycles. The summed E-state index contributed by atoms with van der Waals surface area (Å²) in [7, 11) is 0. The van der Waals surface area contributed by atoms with Crippen molar-refractivity contribution in [3.63, 3.8) is 0 Å². The van der Waals surface area contributed by atoms with Crippen LogP contribution in [-0.2, 0) is 0 Å². The fourth-order valence-corrected chi connectivity index (χ4v) is 3.61. The van der Waals surface area contributed by atoms with Crippen molar-refractivity contribution in [2.75, 3.05) is 26.5 Å². The molecule has 2 atom stereocenters. The van der Waals surface area contributed by atoms with Gasteiger partial charge in [-0.05, 0) is 43.5 Å². The predicted molar refractivity (Wildman–Crippen MR) is 93.0 cm³/mol. The molecule has 2 aliphatic rings. The van der Waals surface area contributed by atoms with E-state index in [-0.39, 0.29) is 0 Å². The first-order chi connectivity index (χ1) is 11.8. The zero-order chi connectivity index (χ0) is 16.4. The quantitative estimate of drug-likeness (QED) is 0.934. The van der Waals surface area contributed by atoms with Crippen LogP contribution >= 0.6 is 0 Å². The molecule has 0 bridgehead atoms. The van der Waals surface area contributed by atoms with Gasteiger partial charge < -0.3 is 19.5 Å². The van der Waals surface area contributed by atoms with E-state index in [1.54, 1.807) is 0 Å². The molecule has 0 unspecified atom stereocenters. The van der Waals surface area contributed by atoms with E-state index in [0.29, 0.717) is 25.2 Å². The molecule has 0 radical (unpaired) electrons. The Kier molecular flexibility index (Phi) is 4.30. The van der Waals surface area contributed by atoms with Crippen LogP contribution in [0.3, 0.4) is 0 Å². The Bertz CT molecular complexity index is 716. The Labute approximate surface area is 142 Å². The van der Waals surface area contributed by atoms with Crippen LogP contribution in [0, 0.1) is 12.8 Å². The topological polar surface area (TPSA) is 39.7 Å². The second kappa shape index (κ2) is 6.73. The van der Waals surface area contributed by atoms with Gasteiger partial charge in [0.05, 0.1) is 6.61 Å². The number of aryl methyl sites for hydroxylation is 1. The van der Waals surface area contributed by atoms with E-state index in [9.17, 15) is 0 Å². The molecular weight excluding hydrogens is 302 g/mol. The third-order valence-electron chi connectivity index (χ3n) is 4.89. The van der Waals surface area contributed by atoms with Crippen LogP contribution in [0.15, 0.2) is 42.5 Å². The van der Waals surface area contributed by atoms with Crippen molar-refractivity contribution >= 4 is 0 Å². The van der Waals surface area contributed by atoms with Crippen LogP contribution in [0.25, 0.3) is 0 Å². The number of piperidine rings is 1. The number of ether oxygens (including phenoxy) is 3. The molecule has 4 heteroatoms. The standard InChI is InChI=1S/C20H23NO3/c1-14-3-2-4-15(9-14)18-7-8-21-11-16(18)12-22-17-5-6-19-20(10-17)24-13-23-19/h2-6,9-10,16,18,21H,7-8,11-13H2,1H3/t16-,18-/m0/s1. The fraction of sp³-hybridized carbons (Fsp3) is 0.400. The summed E-state index contributed by atoms with van der Waals surface area (Å²) < 4.78 is 16.8. The SMILES string of the molecule is Cc1cccc([C@@H]2CCNC[C@H]2COc2ccc3c(c2)OCO3)c1. The zero-order valence-electron chi connectivity index (χ0n) is 14.0. The molecule has 1 saturated heterocycles. The van der Waals surface area contributed by atoms with Crippen molar-refractivity contribution in [3.8, 4) is 17.2 Å². The Hall–Kier alpha value is -2.20. The van der Waals surface area contributed by atoms with E-state index < -0.39 is 0 Å². The normalized spacial score (nSPS) is 22.4. The summed E-state index contributed by atoms with van der Waals surface area (Å²) in [6, 6.07) is 14.6. The molecule has 2 aromatic rings. The smallest absolute Gasteiger partial charge is 0.231 e. The van der Waals surface area contributed by atoms with Gasteiger partial charge in [0.1, 0.15) is 5.75 Å². The summed E-state index contributed by atoms with van der Waals surface area (Å²) in [6.07, 6.45) is 1.15. The maximum absolute atomic E-state index is 6.08. The summed E-state index contributed by atoms with van der Waals surface area (Å²) in [4.78, 5) is 0. The summed E-state index contributed by atoms with van der Waals surface area (Å²) in [5, 5.41) is 3.50. The highest BCUT2D eigenvalue weighted by Gasteiger charge is 2.27. The lowest BCUT2D eigenvalue weighted by atomic mass is 9.81. The van der Waals surface area contributed by atoms with Gasteiger partial charge in [-0.3, -0.25) is 0 Å². The minimum absolute atomic E-state index is 0.292. The third-order valence-corrected chi connectivity index (χ3v) is 4.89. The molecule has 1 N–H and O–H groups in total. The van der Waals surface area contributed by atoms with Gasteiger partial charge in [0.15, 0.2) is 11.5 Å². The van der Waals surface area contributed by atoms with Gasteiger partial charge in [0.25, 0.3) is 0 Å². The van der Waals surface area contributed by atoms with E-state index in [0.717, 1.165) is 36.8 Å². The first-order valence-electron chi connectivity index (χ1n) is 8.59. The van der Waals surface area contributed by atoms with E-state index >= 15 is 0 Å². The maximum Gasteiger partial charge on any atom is 0.231 e. The number of hydrogen-bond donors (Lipinski definition) is 1. The van der Waals surface area contributed by atoms with Crippen molar-refractivity contribution in [1.29, 1.82) is 0 Å². The van der Waals surface area contributed by atoms with Crippen molar-refractivity contribution in [2.45, 2.75) is 19.3 Å². The van der Waals surface area contributed by atoms with E-state index in [1.165, 1.54) is 11.1 Å². The van der Waals surface area contributed by atoms with Crippen molar-refractivity contribution < 1.29 is 14.2 Å². The first kappa shape index (κ1) is 15.3. The van der Waals surface area contributed by atoms with Gasteiger partial charge in [-0.15, -0.1) is 0 Å². The van der Waals surface area contributed by atoms with Crippen LogP contribution in [0.5, 0.6) is 17.2 Å². The van der Waals surface area contributed by atoms with Crippen molar-refractivity contribution in [2.24, 2.45) is 5.92 Å². The molecule has 0 saturated carbocycles. The van der Waals surface area contributed by atoms with Crippen molar-refractivity contribution in [1.82, 2.24) is 5.32 Å². The van der Waals surface area contributed by atoms with Crippen LogP contribution in [0.1, 0.15) is 23.5 Å². The molecule has 0 spiro atoms.